The van der Waals surface area contributed by atoms with Crippen molar-refractivity contribution in [2.45, 2.75) is 24.7 Å². The topological polar surface area (TPSA) is 3.24 Å². The lowest BCUT2D eigenvalue weighted by molar-refractivity contribution is -0.459. The number of hydrogen-bond acceptors (Lipinski definition) is 1. The highest BCUT2D eigenvalue weighted by atomic mass is 19.4. The predicted octanol–water partition coefficient (Wildman–Crippen LogP) is 4.37. The Hall–Kier alpha value is -0.950. The van der Waals surface area contributed by atoms with Crippen molar-refractivity contribution in [1.82, 2.24) is 5.12 Å². The van der Waals surface area contributed by atoms with E-state index in [1.54, 1.807) is 0 Å². The molecular weight excluding hydrogens is 321 g/mol. The summed E-state index contributed by atoms with van der Waals surface area (Å²) in [5.74, 6) is 0. The first-order valence-electron chi connectivity index (χ1n) is 3.57. The molecule has 0 fully saturated rings. The Morgan fingerprint density at radius 3 is 1.00 bits per heavy atom. The normalized spacial score (nSPS) is 14.2. The van der Waals surface area contributed by atoms with Crippen LogP contribution in [0.2, 0.25) is 0 Å². The summed E-state index contributed by atoms with van der Waals surface area (Å²) in [4.78, 5) is 0. The van der Waals surface area contributed by atoms with Gasteiger partial charge in [0.15, 0.2) is 6.67 Å². The van der Waals surface area contributed by atoms with E-state index in [2.05, 4.69) is 0 Å². The average Bonchev–Trinajstić information content (AvgIpc) is 2.13. The highest BCUT2D eigenvalue weighted by molar-refractivity contribution is 4.73. The fourth-order valence-electron chi connectivity index (χ4n) is 0.271. The minimum atomic E-state index is -6.63. The van der Waals surface area contributed by atoms with Gasteiger partial charge in [0.1, 0.15) is 0 Å². The molecule has 0 aromatic carbocycles. The molecule has 0 N–H and O–H groups in total. The molecule has 14 heteroatoms. The van der Waals surface area contributed by atoms with Crippen LogP contribution in [0.3, 0.4) is 0 Å². The Balaban J connectivity index is 0. The molecule has 0 amide bonds. The van der Waals surface area contributed by atoms with Crippen LogP contribution in [0.25, 0.3) is 0 Å². The van der Waals surface area contributed by atoms with Crippen molar-refractivity contribution in [2.75, 3.05) is 6.67 Å². The van der Waals surface area contributed by atoms with Crippen LogP contribution < -0.4 is 0 Å². The van der Waals surface area contributed by atoms with Crippen LogP contribution in [0.1, 0.15) is 0 Å². The summed E-state index contributed by atoms with van der Waals surface area (Å²) in [6.07, 6.45) is -17.7. The monoisotopic (exact) mass is 323 g/mol. The van der Waals surface area contributed by atoms with Gasteiger partial charge < -0.3 is 0 Å². The maximum absolute atomic E-state index is 11.5. The van der Waals surface area contributed by atoms with Crippen LogP contribution in [-0.4, -0.2) is 36.5 Å². The van der Waals surface area contributed by atoms with Gasteiger partial charge in [-0.25, -0.2) is 4.39 Å². The molecule has 0 rings (SSSR count). The molecule has 0 heterocycles. The highest BCUT2D eigenvalue weighted by Crippen LogP contribution is 2.43. The van der Waals surface area contributed by atoms with Gasteiger partial charge in [0, 0.05) is 5.12 Å². The molecule has 1 nitrogen and oxygen atoms in total. The smallest absolute Gasteiger partial charge is 0.241 e. The summed E-state index contributed by atoms with van der Waals surface area (Å²) >= 11 is 0. The van der Waals surface area contributed by atoms with Crippen molar-refractivity contribution in [1.29, 1.82) is 0 Å². The predicted molar refractivity (Wildman–Crippen MR) is 32.0 cm³/mol. The number of halogens is 13. The van der Waals surface area contributed by atoms with E-state index in [4.69, 9.17) is 0 Å². The third-order valence-electron chi connectivity index (χ3n) is 0.962. The van der Waals surface area contributed by atoms with Crippen molar-refractivity contribution in [3.05, 3.63) is 0 Å². The molecule has 0 aliphatic rings. The largest absolute Gasteiger partial charge is 0.492 e. The summed E-state index contributed by atoms with van der Waals surface area (Å²) in [5.41, 5.74) is 0. The van der Waals surface area contributed by atoms with E-state index in [0.717, 1.165) is 0 Å². The SMILES string of the molecule is FCC(F)(F)F.FN(C(F)(F)F)C(F)(F)C(F)(F)F. The van der Waals surface area contributed by atoms with E-state index in [0.29, 0.717) is 0 Å². The van der Waals surface area contributed by atoms with Crippen LogP contribution in [0.15, 0.2) is 0 Å². The van der Waals surface area contributed by atoms with Crippen LogP contribution >= 0.6 is 0 Å². The van der Waals surface area contributed by atoms with Crippen molar-refractivity contribution in [3.63, 3.8) is 0 Å². The Morgan fingerprint density at radius 2 is 0.947 bits per heavy atom. The maximum atomic E-state index is 11.5. The second-order valence-electron chi connectivity index (χ2n) is 2.54. The minimum absolute atomic E-state index is 2.23. The summed E-state index contributed by atoms with van der Waals surface area (Å²) in [7, 11) is 0. The Bertz CT molecular complexity index is 258. The zero-order chi connectivity index (χ0) is 16.3. The number of nitrogens with zero attached hydrogens (tertiary/aromatic N) is 1. The minimum Gasteiger partial charge on any atom is -0.241 e. The zero-order valence-corrected chi connectivity index (χ0v) is 8.07. The van der Waals surface area contributed by atoms with E-state index in [-0.39, 0.29) is 0 Å². The second kappa shape index (κ2) is 6.00. The van der Waals surface area contributed by atoms with Gasteiger partial charge in [0.05, 0.1) is 0 Å². The van der Waals surface area contributed by atoms with Gasteiger partial charge in [-0.15, -0.1) is 4.48 Å². The van der Waals surface area contributed by atoms with E-state index >= 15 is 0 Å². The Morgan fingerprint density at radius 1 is 0.684 bits per heavy atom. The molecule has 0 spiro atoms. The van der Waals surface area contributed by atoms with Crippen LogP contribution in [0, 0.1) is 0 Å². The van der Waals surface area contributed by atoms with Gasteiger partial charge in [-0.05, 0) is 0 Å². The highest BCUT2D eigenvalue weighted by Gasteiger charge is 2.69. The lowest BCUT2D eigenvalue weighted by atomic mass is 10.5. The van der Waals surface area contributed by atoms with Gasteiger partial charge in [0.25, 0.3) is 0 Å². The third-order valence-corrected chi connectivity index (χ3v) is 0.962. The molecular formula is C5H2F13N. The first kappa shape index (κ1) is 20.4. The molecule has 0 unspecified atom stereocenters. The van der Waals surface area contributed by atoms with Crippen molar-refractivity contribution < 1.29 is 57.2 Å². The molecule has 0 saturated heterocycles. The van der Waals surface area contributed by atoms with E-state index in [9.17, 15) is 57.2 Å². The van der Waals surface area contributed by atoms with Gasteiger partial charge >= 0.3 is 24.7 Å². The lowest BCUT2D eigenvalue weighted by Gasteiger charge is -2.25. The molecule has 0 saturated carbocycles. The molecule has 0 aromatic rings. The fourth-order valence-corrected chi connectivity index (χ4v) is 0.271. The molecule has 118 valence electrons. The summed E-state index contributed by atoms with van der Waals surface area (Å²) in [6.45, 7) is -2.23. The number of rotatable bonds is 1. The molecule has 0 aromatic heterocycles. The standard InChI is InChI=1S/C3F9N.C2H2F4/c4-1(5,6)2(7,8)13(12)3(9,10)11;3-1-2(4,5)6/h;1H2. The summed E-state index contributed by atoms with van der Waals surface area (Å²) < 4.78 is 142. The first-order chi connectivity index (χ1) is 7.97. The molecule has 0 radical (unpaired) electrons. The van der Waals surface area contributed by atoms with Crippen molar-refractivity contribution in [2.24, 2.45) is 0 Å². The average molecular weight is 323 g/mol. The Labute approximate surface area is 95.1 Å². The van der Waals surface area contributed by atoms with E-state index in [1.807, 2.05) is 0 Å². The third kappa shape index (κ3) is 7.27. The second-order valence-corrected chi connectivity index (χ2v) is 2.54. The van der Waals surface area contributed by atoms with Crippen molar-refractivity contribution in [3.8, 4) is 0 Å². The Kier molecular flexibility index (Phi) is 6.44. The maximum Gasteiger partial charge on any atom is 0.492 e. The van der Waals surface area contributed by atoms with E-state index in [1.165, 1.54) is 0 Å². The van der Waals surface area contributed by atoms with Gasteiger partial charge in [-0.3, -0.25) is 0 Å². The van der Waals surface area contributed by atoms with Crippen LogP contribution in [-0.2, 0) is 0 Å². The van der Waals surface area contributed by atoms with Gasteiger partial charge in [-0.1, -0.05) is 0 Å². The van der Waals surface area contributed by atoms with Crippen LogP contribution in [0.4, 0.5) is 57.2 Å². The molecule has 0 aliphatic carbocycles. The number of alkyl halides is 12. The molecule has 19 heavy (non-hydrogen) atoms. The fraction of sp³-hybridized carbons (Fsp3) is 1.00. The lowest BCUT2D eigenvalue weighted by Crippen LogP contribution is -2.53. The first-order valence-corrected chi connectivity index (χ1v) is 3.57. The molecule has 0 aliphatic heterocycles. The number of hydrogen-bond donors (Lipinski definition) is 0. The van der Waals surface area contributed by atoms with Crippen molar-refractivity contribution >= 4 is 0 Å². The quantitative estimate of drug-likeness (QED) is 0.394. The molecule has 0 atom stereocenters. The zero-order valence-electron chi connectivity index (χ0n) is 8.07. The van der Waals surface area contributed by atoms with Crippen LogP contribution in [0.5, 0.6) is 0 Å². The van der Waals surface area contributed by atoms with E-state index < -0.39 is 36.5 Å². The molecule has 0 bridgehead atoms. The van der Waals surface area contributed by atoms with Gasteiger partial charge in [0.2, 0.25) is 0 Å². The summed E-state index contributed by atoms with van der Waals surface area (Å²) in [5, 5.41) is -3.50. The summed E-state index contributed by atoms with van der Waals surface area (Å²) in [6, 6.07) is -6.58. The van der Waals surface area contributed by atoms with Gasteiger partial charge in [-0.2, -0.15) is 48.3 Å².